The van der Waals surface area contributed by atoms with E-state index in [1.54, 1.807) is 13.1 Å². The quantitative estimate of drug-likeness (QED) is 0.538. The van der Waals surface area contributed by atoms with Crippen LogP contribution in [0, 0.1) is 6.92 Å². The van der Waals surface area contributed by atoms with Crippen molar-refractivity contribution in [1.29, 1.82) is 0 Å². The van der Waals surface area contributed by atoms with Crippen LogP contribution >= 0.6 is 0 Å². The SMILES string of the molecule is CC(=O)OOC(=O)C(N)Cc1cnc(C)[nH]1. The number of rotatable bonds is 3. The highest BCUT2D eigenvalue weighted by molar-refractivity contribution is 5.76. The van der Waals surface area contributed by atoms with Gasteiger partial charge in [0.2, 0.25) is 0 Å². The zero-order valence-electron chi connectivity index (χ0n) is 9.02. The summed E-state index contributed by atoms with van der Waals surface area (Å²) < 4.78 is 0. The molecule has 0 radical (unpaired) electrons. The number of aromatic amines is 1. The molecule has 1 rings (SSSR count). The molecule has 0 saturated carbocycles. The Balaban J connectivity index is 2.42. The minimum absolute atomic E-state index is 0.237. The van der Waals surface area contributed by atoms with E-state index in [1.165, 1.54) is 0 Å². The molecule has 0 saturated heterocycles. The first-order valence-electron chi connectivity index (χ1n) is 4.64. The summed E-state index contributed by atoms with van der Waals surface area (Å²) in [6.07, 6.45) is 1.81. The van der Waals surface area contributed by atoms with Gasteiger partial charge in [-0.1, -0.05) is 0 Å². The Hall–Kier alpha value is -1.89. The highest BCUT2D eigenvalue weighted by Gasteiger charge is 2.18. The average molecular weight is 227 g/mol. The van der Waals surface area contributed by atoms with E-state index in [0.717, 1.165) is 12.7 Å². The smallest absolute Gasteiger partial charge is 0.346 e. The van der Waals surface area contributed by atoms with Gasteiger partial charge in [0.25, 0.3) is 0 Å². The number of nitrogens with one attached hydrogen (secondary N) is 1. The summed E-state index contributed by atoms with van der Waals surface area (Å²) in [4.78, 5) is 36.7. The van der Waals surface area contributed by atoms with Crippen molar-refractivity contribution < 1.29 is 19.4 Å². The summed E-state index contributed by atoms with van der Waals surface area (Å²) in [5.41, 5.74) is 6.24. The van der Waals surface area contributed by atoms with Crippen molar-refractivity contribution in [2.75, 3.05) is 0 Å². The molecule has 0 spiro atoms. The van der Waals surface area contributed by atoms with Gasteiger partial charge < -0.3 is 10.7 Å². The Bertz CT molecular complexity index is 388. The van der Waals surface area contributed by atoms with E-state index in [-0.39, 0.29) is 6.42 Å². The summed E-state index contributed by atoms with van der Waals surface area (Å²) >= 11 is 0. The van der Waals surface area contributed by atoms with Crippen LogP contribution in [0.25, 0.3) is 0 Å². The summed E-state index contributed by atoms with van der Waals surface area (Å²) in [6.45, 7) is 2.91. The first kappa shape index (κ1) is 12.2. The van der Waals surface area contributed by atoms with Crippen LogP contribution < -0.4 is 5.73 Å². The van der Waals surface area contributed by atoms with Crippen molar-refractivity contribution >= 4 is 11.9 Å². The molecule has 1 aromatic rings. The van der Waals surface area contributed by atoms with Gasteiger partial charge in [-0.2, -0.15) is 0 Å². The van der Waals surface area contributed by atoms with Crippen molar-refractivity contribution in [1.82, 2.24) is 9.97 Å². The van der Waals surface area contributed by atoms with Crippen LogP contribution in [0.2, 0.25) is 0 Å². The number of hydrogen-bond donors (Lipinski definition) is 2. The molecule has 1 heterocycles. The molecule has 7 nitrogen and oxygen atoms in total. The van der Waals surface area contributed by atoms with Gasteiger partial charge in [0.05, 0.1) is 0 Å². The molecule has 3 N–H and O–H groups in total. The second-order valence-corrected chi connectivity index (χ2v) is 3.28. The number of nitrogens with two attached hydrogens (primary N) is 1. The summed E-state index contributed by atoms with van der Waals surface area (Å²) in [5.74, 6) is -0.782. The maximum atomic E-state index is 11.2. The molecule has 7 heteroatoms. The Labute approximate surface area is 91.9 Å². The van der Waals surface area contributed by atoms with Crippen LogP contribution in [0.3, 0.4) is 0 Å². The molecule has 0 amide bonds. The van der Waals surface area contributed by atoms with Crippen molar-refractivity contribution in [2.45, 2.75) is 26.3 Å². The molecular weight excluding hydrogens is 214 g/mol. The van der Waals surface area contributed by atoms with Gasteiger partial charge >= 0.3 is 11.9 Å². The van der Waals surface area contributed by atoms with Gasteiger partial charge in [-0.3, -0.25) is 0 Å². The lowest BCUT2D eigenvalue weighted by Gasteiger charge is -2.07. The van der Waals surface area contributed by atoms with Crippen LogP contribution in [-0.2, 0) is 25.8 Å². The fraction of sp³-hybridized carbons (Fsp3) is 0.444. The lowest BCUT2D eigenvalue weighted by Crippen LogP contribution is -2.34. The minimum atomic E-state index is -0.904. The molecule has 0 fully saturated rings. The third kappa shape index (κ3) is 3.70. The summed E-state index contributed by atoms with van der Waals surface area (Å²) in [7, 11) is 0. The number of nitrogens with zero attached hydrogens (tertiary/aromatic N) is 1. The molecule has 16 heavy (non-hydrogen) atoms. The van der Waals surface area contributed by atoms with Crippen LogP contribution in [0.1, 0.15) is 18.4 Å². The maximum absolute atomic E-state index is 11.2. The van der Waals surface area contributed by atoms with Crippen LogP contribution in [0.5, 0.6) is 0 Å². The first-order valence-corrected chi connectivity index (χ1v) is 4.64. The highest BCUT2D eigenvalue weighted by Crippen LogP contribution is 2.01. The summed E-state index contributed by atoms with van der Waals surface area (Å²) in [6, 6.07) is -0.904. The largest absolute Gasteiger partial charge is 0.372 e. The van der Waals surface area contributed by atoms with Gasteiger partial charge in [0.1, 0.15) is 11.9 Å². The molecule has 0 bridgehead atoms. The number of imidazole rings is 1. The lowest BCUT2D eigenvalue weighted by molar-refractivity contribution is -0.258. The molecule has 0 aliphatic heterocycles. The van der Waals surface area contributed by atoms with Crippen LogP contribution in [0.4, 0.5) is 0 Å². The fourth-order valence-corrected chi connectivity index (χ4v) is 1.06. The Morgan fingerprint density at radius 1 is 1.56 bits per heavy atom. The van der Waals surface area contributed by atoms with Gasteiger partial charge in [-0.05, 0) is 6.92 Å². The topological polar surface area (TPSA) is 107 Å². The molecule has 1 atom stereocenters. The predicted molar refractivity (Wildman–Crippen MR) is 52.9 cm³/mol. The van der Waals surface area contributed by atoms with Gasteiger partial charge in [0, 0.05) is 25.2 Å². The number of H-pyrrole nitrogens is 1. The Morgan fingerprint density at radius 2 is 2.25 bits per heavy atom. The van der Waals surface area contributed by atoms with E-state index in [9.17, 15) is 9.59 Å². The van der Waals surface area contributed by atoms with E-state index in [4.69, 9.17) is 5.73 Å². The van der Waals surface area contributed by atoms with E-state index in [0.29, 0.717) is 5.69 Å². The Morgan fingerprint density at radius 3 is 2.75 bits per heavy atom. The second kappa shape index (κ2) is 5.26. The third-order valence-corrected chi connectivity index (χ3v) is 1.74. The standard InChI is InChI=1S/C9H13N3O4/c1-5-11-4-7(12-5)3-8(10)9(14)16-15-6(2)13/h4,8H,3,10H2,1-2H3,(H,11,12). The monoisotopic (exact) mass is 227 g/mol. The van der Waals surface area contributed by atoms with Crippen molar-refractivity contribution in [2.24, 2.45) is 5.73 Å². The molecule has 0 aromatic carbocycles. The first-order chi connectivity index (χ1) is 7.49. The number of carbonyl (C=O) groups is 2. The van der Waals surface area contributed by atoms with Gasteiger partial charge in [0.15, 0.2) is 0 Å². The van der Waals surface area contributed by atoms with Crippen LogP contribution in [-0.4, -0.2) is 27.9 Å². The Kier molecular flexibility index (Phi) is 4.01. The molecule has 0 aliphatic carbocycles. The van der Waals surface area contributed by atoms with E-state index >= 15 is 0 Å². The molecule has 1 aromatic heterocycles. The third-order valence-electron chi connectivity index (χ3n) is 1.74. The summed E-state index contributed by atoms with van der Waals surface area (Å²) in [5, 5.41) is 0. The fourth-order valence-electron chi connectivity index (χ4n) is 1.06. The number of aromatic nitrogens is 2. The minimum Gasteiger partial charge on any atom is -0.346 e. The van der Waals surface area contributed by atoms with Gasteiger partial charge in [-0.15, -0.1) is 0 Å². The van der Waals surface area contributed by atoms with Crippen LogP contribution in [0.15, 0.2) is 6.20 Å². The number of aryl methyl sites for hydroxylation is 1. The number of carbonyl (C=O) groups excluding carboxylic acids is 2. The molecule has 0 aliphatic rings. The average Bonchev–Trinajstić information content (AvgIpc) is 2.60. The normalized spacial score (nSPS) is 11.9. The molecule has 1 unspecified atom stereocenters. The van der Waals surface area contributed by atoms with E-state index in [2.05, 4.69) is 19.7 Å². The molecule has 88 valence electrons. The zero-order valence-corrected chi connectivity index (χ0v) is 9.02. The maximum Gasteiger partial charge on any atom is 0.372 e. The zero-order chi connectivity index (χ0) is 12.1. The van der Waals surface area contributed by atoms with Crippen molar-refractivity contribution in [3.8, 4) is 0 Å². The second-order valence-electron chi connectivity index (χ2n) is 3.28. The van der Waals surface area contributed by atoms with Gasteiger partial charge in [-0.25, -0.2) is 24.3 Å². The predicted octanol–water partition coefficient (Wildman–Crippen LogP) is -0.391. The van der Waals surface area contributed by atoms with E-state index < -0.39 is 18.0 Å². The van der Waals surface area contributed by atoms with E-state index in [1.807, 2.05) is 0 Å². The lowest BCUT2D eigenvalue weighted by atomic mass is 10.2. The molecular formula is C9H13N3O4. The van der Waals surface area contributed by atoms with Crippen molar-refractivity contribution in [3.63, 3.8) is 0 Å². The van der Waals surface area contributed by atoms with Crippen molar-refractivity contribution in [3.05, 3.63) is 17.7 Å². The highest BCUT2D eigenvalue weighted by atomic mass is 17.2. The number of hydrogen-bond acceptors (Lipinski definition) is 6.